The zero-order valence-corrected chi connectivity index (χ0v) is 13.3. The van der Waals surface area contributed by atoms with Gasteiger partial charge in [-0.25, -0.2) is 0 Å². The quantitative estimate of drug-likeness (QED) is 0.884. The van der Waals surface area contributed by atoms with Crippen LogP contribution < -0.4 is 0 Å². The average Bonchev–Trinajstić information content (AvgIpc) is 2.97. The lowest BCUT2D eigenvalue weighted by Gasteiger charge is -2.29. The first kappa shape index (κ1) is 15.5. The molecule has 0 saturated heterocycles. The maximum absolute atomic E-state index is 9.20. The van der Waals surface area contributed by atoms with E-state index in [9.17, 15) is 5.11 Å². The van der Waals surface area contributed by atoms with E-state index in [1.165, 1.54) is 11.1 Å². The Labute approximate surface area is 136 Å². The van der Waals surface area contributed by atoms with Crippen molar-refractivity contribution < 1.29 is 5.11 Å². The molecule has 0 bridgehead atoms. The highest BCUT2D eigenvalue weighted by molar-refractivity contribution is 6.30. The Morgan fingerprint density at radius 1 is 1.23 bits per heavy atom. The topological polar surface area (TPSA) is 36.4 Å². The molecule has 3 rings (SSSR count). The molecular weight excluding hydrogens is 296 g/mol. The van der Waals surface area contributed by atoms with E-state index in [1.54, 1.807) is 6.20 Å². The summed E-state index contributed by atoms with van der Waals surface area (Å²) in [5, 5.41) is 9.86. The van der Waals surface area contributed by atoms with Crippen molar-refractivity contribution in [2.24, 2.45) is 0 Å². The molecule has 1 atom stereocenters. The number of aromatic nitrogens is 1. The first-order valence-corrected chi connectivity index (χ1v) is 8.19. The summed E-state index contributed by atoms with van der Waals surface area (Å²) in [5.41, 5.74) is 3.90. The van der Waals surface area contributed by atoms with Crippen LogP contribution in [0.15, 0.2) is 42.6 Å². The summed E-state index contributed by atoms with van der Waals surface area (Å²) in [4.78, 5) is 6.85. The van der Waals surface area contributed by atoms with Crippen LogP contribution in [0.5, 0.6) is 0 Å². The molecule has 1 heterocycles. The number of aliphatic hydroxyl groups excluding tert-OH is 1. The molecule has 0 radical (unpaired) electrons. The smallest absolute Gasteiger partial charge is 0.0589 e. The van der Waals surface area contributed by atoms with Crippen molar-refractivity contribution in [3.8, 4) is 0 Å². The second-order valence-corrected chi connectivity index (χ2v) is 6.21. The lowest BCUT2D eigenvalue weighted by Crippen LogP contribution is -2.29. The molecule has 1 aliphatic rings. The van der Waals surface area contributed by atoms with E-state index in [1.807, 2.05) is 12.1 Å². The number of fused-ring (bicyclic) bond motifs is 1. The van der Waals surface area contributed by atoms with Crippen LogP contribution in [0.1, 0.15) is 35.7 Å². The molecule has 0 saturated carbocycles. The Balaban J connectivity index is 1.79. The number of pyridine rings is 1. The van der Waals surface area contributed by atoms with Gasteiger partial charge in [0.25, 0.3) is 0 Å². The van der Waals surface area contributed by atoms with Gasteiger partial charge < -0.3 is 5.11 Å². The van der Waals surface area contributed by atoms with Crippen LogP contribution in [0, 0.1) is 0 Å². The maximum atomic E-state index is 9.20. The Morgan fingerprint density at radius 2 is 2.09 bits per heavy atom. The minimum Gasteiger partial charge on any atom is -0.396 e. The highest BCUT2D eigenvalue weighted by Gasteiger charge is 2.27. The summed E-state index contributed by atoms with van der Waals surface area (Å²) in [5.74, 6) is 0. The molecule has 1 unspecified atom stereocenters. The lowest BCUT2D eigenvalue weighted by molar-refractivity contribution is 0.164. The molecule has 22 heavy (non-hydrogen) atoms. The SMILES string of the molecule is OCCCN(Cc1ccc(Cl)cn1)C1CCc2ccccc21. The predicted octanol–water partition coefficient (Wildman–Crippen LogP) is 3.61. The number of hydrogen-bond donors (Lipinski definition) is 1. The minimum atomic E-state index is 0.221. The van der Waals surface area contributed by atoms with E-state index in [4.69, 9.17) is 11.6 Å². The molecule has 0 amide bonds. The highest BCUT2D eigenvalue weighted by atomic mass is 35.5. The number of aryl methyl sites for hydroxylation is 1. The number of benzene rings is 1. The number of rotatable bonds is 6. The van der Waals surface area contributed by atoms with Gasteiger partial charge in [-0.1, -0.05) is 35.9 Å². The van der Waals surface area contributed by atoms with Crippen LogP contribution in [-0.4, -0.2) is 28.1 Å². The van der Waals surface area contributed by atoms with Gasteiger partial charge in [0.15, 0.2) is 0 Å². The van der Waals surface area contributed by atoms with E-state index in [0.29, 0.717) is 11.1 Å². The van der Waals surface area contributed by atoms with Gasteiger partial charge >= 0.3 is 0 Å². The molecule has 0 fully saturated rings. The van der Waals surface area contributed by atoms with Crippen LogP contribution in [0.25, 0.3) is 0 Å². The van der Waals surface area contributed by atoms with Crippen LogP contribution in [0.2, 0.25) is 5.02 Å². The first-order valence-electron chi connectivity index (χ1n) is 7.81. The van der Waals surface area contributed by atoms with Gasteiger partial charge in [-0.2, -0.15) is 0 Å². The fraction of sp³-hybridized carbons (Fsp3) is 0.389. The first-order chi connectivity index (χ1) is 10.8. The number of aliphatic hydroxyl groups is 1. The van der Waals surface area contributed by atoms with Crippen LogP contribution in [0.3, 0.4) is 0 Å². The van der Waals surface area contributed by atoms with Crippen LogP contribution in [0.4, 0.5) is 0 Å². The van der Waals surface area contributed by atoms with Gasteiger partial charge in [-0.3, -0.25) is 9.88 Å². The summed E-state index contributed by atoms with van der Waals surface area (Å²) in [7, 11) is 0. The van der Waals surface area contributed by atoms with Gasteiger partial charge in [0.2, 0.25) is 0 Å². The second-order valence-electron chi connectivity index (χ2n) is 5.77. The molecule has 1 N–H and O–H groups in total. The number of halogens is 1. The third-order valence-corrected chi connectivity index (χ3v) is 4.52. The summed E-state index contributed by atoms with van der Waals surface area (Å²) >= 11 is 5.92. The molecule has 116 valence electrons. The molecule has 1 aromatic carbocycles. The Bertz CT molecular complexity index is 615. The summed E-state index contributed by atoms with van der Waals surface area (Å²) in [6.07, 6.45) is 4.75. The molecule has 1 aromatic heterocycles. The van der Waals surface area contributed by atoms with Crippen LogP contribution >= 0.6 is 11.6 Å². The second kappa shape index (κ2) is 7.23. The largest absolute Gasteiger partial charge is 0.396 e. The predicted molar refractivity (Wildman–Crippen MR) is 88.9 cm³/mol. The van der Waals surface area contributed by atoms with Crippen molar-refractivity contribution in [1.29, 1.82) is 0 Å². The molecular formula is C18H21ClN2O. The maximum Gasteiger partial charge on any atom is 0.0589 e. The molecule has 2 aromatic rings. The standard InChI is InChI=1S/C18H21ClN2O/c19-15-7-8-16(20-12-15)13-21(10-3-11-22)18-9-6-14-4-1-2-5-17(14)18/h1-2,4-5,7-8,12,18,22H,3,6,9-11,13H2. The Morgan fingerprint density at radius 3 is 2.86 bits per heavy atom. The summed E-state index contributed by atoms with van der Waals surface area (Å²) < 4.78 is 0. The summed E-state index contributed by atoms with van der Waals surface area (Å²) in [6, 6.07) is 13.0. The van der Waals surface area contributed by atoms with Crippen molar-refractivity contribution in [2.45, 2.75) is 31.8 Å². The average molecular weight is 317 g/mol. The van der Waals surface area contributed by atoms with E-state index in [2.05, 4.69) is 34.1 Å². The van der Waals surface area contributed by atoms with Crippen LogP contribution in [-0.2, 0) is 13.0 Å². The van der Waals surface area contributed by atoms with E-state index in [-0.39, 0.29) is 6.61 Å². The molecule has 1 aliphatic carbocycles. The van der Waals surface area contributed by atoms with E-state index < -0.39 is 0 Å². The van der Waals surface area contributed by atoms with Crippen molar-refractivity contribution in [1.82, 2.24) is 9.88 Å². The van der Waals surface area contributed by atoms with E-state index in [0.717, 1.165) is 38.0 Å². The van der Waals surface area contributed by atoms with Crippen molar-refractivity contribution in [3.05, 3.63) is 64.4 Å². The Kier molecular flexibility index (Phi) is 5.08. The third kappa shape index (κ3) is 3.49. The van der Waals surface area contributed by atoms with Gasteiger partial charge in [-0.15, -0.1) is 0 Å². The minimum absolute atomic E-state index is 0.221. The van der Waals surface area contributed by atoms with Gasteiger partial charge in [0, 0.05) is 31.9 Å². The van der Waals surface area contributed by atoms with Gasteiger partial charge in [-0.05, 0) is 42.5 Å². The van der Waals surface area contributed by atoms with Crippen molar-refractivity contribution >= 4 is 11.6 Å². The molecule has 3 nitrogen and oxygen atoms in total. The van der Waals surface area contributed by atoms with Gasteiger partial charge in [0.1, 0.15) is 0 Å². The lowest BCUT2D eigenvalue weighted by atomic mass is 10.1. The normalized spacial score (nSPS) is 17.0. The third-order valence-electron chi connectivity index (χ3n) is 4.30. The fourth-order valence-corrected chi connectivity index (χ4v) is 3.35. The van der Waals surface area contributed by atoms with Gasteiger partial charge in [0.05, 0.1) is 10.7 Å². The molecule has 0 aliphatic heterocycles. The monoisotopic (exact) mass is 316 g/mol. The van der Waals surface area contributed by atoms with E-state index >= 15 is 0 Å². The summed E-state index contributed by atoms with van der Waals surface area (Å²) in [6.45, 7) is 1.88. The fourth-order valence-electron chi connectivity index (χ4n) is 3.24. The number of hydrogen-bond acceptors (Lipinski definition) is 3. The molecule has 0 spiro atoms. The number of nitrogens with zero attached hydrogens (tertiary/aromatic N) is 2. The zero-order chi connectivity index (χ0) is 15.4. The highest BCUT2D eigenvalue weighted by Crippen LogP contribution is 2.36. The zero-order valence-electron chi connectivity index (χ0n) is 12.6. The molecule has 4 heteroatoms. The Hall–Kier alpha value is -1.42. The van der Waals surface area contributed by atoms with Crippen molar-refractivity contribution in [3.63, 3.8) is 0 Å². The van der Waals surface area contributed by atoms with Crippen molar-refractivity contribution in [2.75, 3.05) is 13.2 Å².